The van der Waals surface area contributed by atoms with E-state index in [4.69, 9.17) is 9.84 Å². The van der Waals surface area contributed by atoms with E-state index in [1.165, 1.54) is 4.90 Å². The van der Waals surface area contributed by atoms with Gasteiger partial charge in [0.05, 0.1) is 12.0 Å². The molecule has 1 aliphatic rings. The van der Waals surface area contributed by atoms with Crippen LogP contribution in [0.5, 0.6) is 0 Å². The SMILES string of the molecule is CC(C)=CCNC1(CC(=O)O)CN(C(=O)OC(C)(C)C)C1. The Labute approximate surface area is 126 Å². The van der Waals surface area contributed by atoms with Crippen molar-refractivity contribution in [2.24, 2.45) is 0 Å². The Morgan fingerprint density at radius 2 is 1.90 bits per heavy atom. The molecule has 1 fully saturated rings. The van der Waals surface area contributed by atoms with Crippen LogP contribution in [0.25, 0.3) is 0 Å². The predicted molar refractivity (Wildman–Crippen MR) is 80.2 cm³/mol. The highest BCUT2D eigenvalue weighted by molar-refractivity contribution is 5.73. The van der Waals surface area contributed by atoms with Gasteiger partial charge in [0.25, 0.3) is 0 Å². The van der Waals surface area contributed by atoms with Gasteiger partial charge in [-0.2, -0.15) is 0 Å². The molecule has 1 rings (SSSR count). The maximum atomic E-state index is 11.9. The second-order valence-corrected chi connectivity index (χ2v) is 6.85. The maximum Gasteiger partial charge on any atom is 0.410 e. The summed E-state index contributed by atoms with van der Waals surface area (Å²) in [7, 11) is 0. The van der Waals surface area contributed by atoms with Crippen molar-refractivity contribution in [3.8, 4) is 0 Å². The van der Waals surface area contributed by atoms with Gasteiger partial charge in [-0.1, -0.05) is 11.6 Å². The fourth-order valence-corrected chi connectivity index (χ4v) is 2.19. The first kappa shape index (κ1) is 17.5. The Morgan fingerprint density at radius 1 is 1.33 bits per heavy atom. The number of carbonyl (C=O) groups excluding carboxylic acids is 1. The standard InChI is InChI=1S/C15H26N2O4/c1-11(2)6-7-16-15(8-12(18)19)9-17(10-15)13(20)21-14(3,4)5/h6,16H,7-10H2,1-5H3,(H,18,19). The molecule has 0 spiro atoms. The van der Waals surface area contributed by atoms with Gasteiger partial charge >= 0.3 is 12.1 Å². The van der Waals surface area contributed by atoms with E-state index in [1.54, 1.807) is 0 Å². The van der Waals surface area contributed by atoms with Crippen LogP contribution in [0.2, 0.25) is 0 Å². The molecule has 6 nitrogen and oxygen atoms in total. The van der Waals surface area contributed by atoms with E-state index in [1.807, 2.05) is 40.7 Å². The lowest BCUT2D eigenvalue weighted by atomic mass is 9.86. The number of carboxylic acid groups (broad SMARTS) is 1. The Kier molecular flexibility index (Phi) is 5.39. The molecule has 0 aliphatic carbocycles. The molecule has 0 aromatic carbocycles. The van der Waals surface area contributed by atoms with Crippen molar-refractivity contribution in [3.05, 3.63) is 11.6 Å². The van der Waals surface area contributed by atoms with Gasteiger partial charge in [0.2, 0.25) is 0 Å². The topological polar surface area (TPSA) is 78.9 Å². The zero-order valence-electron chi connectivity index (χ0n) is 13.5. The number of hydrogen-bond acceptors (Lipinski definition) is 4. The summed E-state index contributed by atoms with van der Waals surface area (Å²) in [6.07, 6.45) is 1.59. The number of nitrogens with zero attached hydrogens (tertiary/aromatic N) is 1. The molecule has 1 amide bonds. The number of nitrogens with one attached hydrogen (secondary N) is 1. The Hall–Kier alpha value is -1.56. The van der Waals surface area contributed by atoms with E-state index in [9.17, 15) is 9.59 Å². The van der Waals surface area contributed by atoms with Crippen LogP contribution in [0.1, 0.15) is 41.0 Å². The number of amides is 1. The van der Waals surface area contributed by atoms with Gasteiger partial charge in [-0.25, -0.2) is 4.79 Å². The number of likely N-dealkylation sites (tertiary alicyclic amines) is 1. The zero-order valence-corrected chi connectivity index (χ0v) is 13.5. The largest absolute Gasteiger partial charge is 0.481 e. The zero-order chi connectivity index (χ0) is 16.3. The van der Waals surface area contributed by atoms with Crippen LogP contribution in [0.15, 0.2) is 11.6 Å². The second-order valence-electron chi connectivity index (χ2n) is 6.85. The summed E-state index contributed by atoms with van der Waals surface area (Å²) in [5.41, 5.74) is 0.0584. The Bertz CT molecular complexity index is 427. The fraction of sp³-hybridized carbons (Fsp3) is 0.733. The summed E-state index contributed by atoms with van der Waals surface area (Å²) in [5, 5.41) is 12.3. The van der Waals surface area contributed by atoms with Crippen LogP contribution in [0.3, 0.4) is 0 Å². The average Bonchev–Trinajstić information content (AvgIpc) is 2.20. The van der Waals surface area contributed by atoms with Crippen LogP contribution in [0, 0.1) is 0 Å². The van der Waals surface area contributed by atoms with Gasteiger partial charge in [-0.3, -0.25) is 4.79 Å². The molecule has 6 heteroatoms. The number of carbonyl (C=O) groups is 2. The minimum atomic E-state index is -0.872. The van der Waals surface area contributed by atoms with Crippen molar-refractivity contribution in [2.45, 2.75) is 52.2 Å². The molecule has 1 saturated heterocycles. The first-order valence-electron chi connectivity index (χ1n) is 7.11. The highest BCUT2D eigenvalue weighted by Gasteiger charge is 2.47. The lowest BCUT2D eigenvalue weighted by molar-refractivity contribution is -0.141. The Morgan fingerprint density at radius 3 is 2.33 bits per heavy atom. The summed E-state index contributed by atoms with van der Waals surface area (Å²) in [6, 6.07) is 0. The number of aliphatic carboxylic acids is 1. The second kappa shape index (κ2) is 6.47. The number of rotatable bonds is 5. The molecule has 21 heavy (non-hydrogen) atoms. The summed E-state index contributed by atoms with van der Waals surface area (Å²) >= 11 is 0. The van der Waals surface area contributed by atoms with E-state index in [-0.39, 0.29) is 6.42 Å². The maximum absolute atomic E-state index is 11.9. The van der Waals surface area contributed by atoms with Crippen LogP contribution in [-0.2, 0) is 9.53 Å². The fourth-order valence-electron chi connectivity index (χ4n) is 2.19. The molecule has 2 N–H and O–H groups in total. The summed E-state index contributed by atoms with van der Waals surface area (Å²) < 4.78 is 5.28. The molecule has 0 aromatic rings. The van der Waals surface area contributed by atoms with E-state index in [0.717, 1.165) is 5.57 Å². The van der Waals surface area contributed by atoms with Crippen LogP contribution in [0.4, 0.5) is 4.79 Å². The molecule has 0 unspecified atom stereocenters. The van der Waals surface area contributed by atoms with Crippen molar-refractivity contribution >= 4 is 12.1 Å². The average molecular weight is 298 g/mol. The van der Waals surface area contributed by atoms with Gasteiger partial charge in [0, 0.05) is 19.6 Å². The molecule has 0 radical (unpaired) electrons. The number of allylic oxidation sites excluding steroid dienone is 1. The van der Waals surface area contributed by atoms with E-state index < -0.39 is 23.2 Å². The first-order chi connectivity index (χ1) is 9.53. The monoisotopic (exact) mass is 298 g/mol. The third kappa shape index (κ3) is 5.75. The minimum Gasteiger partial charge on any atom is -0.481 e. The predicted octanol–water partition coefficient (Wildman–Crippen LogP) is 2.01. The van der Waals surface area contributed by atoms with Crippen molar-refractivity contribution < 1.29 is 19.4 Å². The molecule has 0 bridgehead atoms. The molecule has 1 heterocycles. The molecule has 0 saturated carbocycles. The number of carboxylic acids is 1. The van der Waals surface area contributed by atoms with Crippen LogP contribution in [-0.4, -0.2) is 52.8 Å². The van der Waals surface area contributed by atoms with Crippen molar-refractivity contribution in [1.82, 2.24) is 10.2 Å². The number of ether oxygens (including phenoxy) is 1. The van der Waals surface area contributed by atoms with Gasteiger partial charge in [0.15, 0.2) is 0 Å². The lowest BCUT2D eigenvalue weighted by Gasteiger charge is -2.49. The molecule has 0 aromatic heterocycles. The van der Waals surface area contributed by atoms with Crippen molar-refractivity contribution in [2.75, 3.05) is 19.6 Å². The van der Waals surface area contributed by atoms with Crippen LogP contribution < -0.4 is 5.32 Å². The lowest BCUT2D eigenvalue weighted by Crippen LogP contribution is -2.71. The van der Waals surface area contributed by atoms with Crippen molar-refractivity contribution in [1.29, 1.82) is 0 Å². The van der Waals surface area contributed by atoms with E-state index in [2.05, 4.69) is 5.32 Å². The van der Waals surface area contributed by atoms with Crippen LogP contribution >= 0.6 is 0 Å². The smallest absolute Gasteiger partial charge is 0.410 e. The van der Waals surface area contributed by atoms with Gasteiger partial charge < -0.3 is 20.1 Å². The van der Waals surface area contributed by atoms with E-state index >= 15 is 0 Å². The molecule has 120 valence electrons. The van der Waals surface area contributed by atoms with Gasteiger partial charge in [-0.15, -0.1) is 0 Å². The normalized spacial score (nSPS) is 16.9. The van der Waals surface area contributed by atoms with Crippen molar-refractivity contribution in [3.63, 3.8) is 0 Å². The molecule has 1 aliphatic heterocycles. The van der Waals surface area contributed by atoms with Gasteiger partial charge in [0.1, 0.15) is 5.60 Å². The first-order valence-corrected chi connectivity index (χ1v) is 7.11. The molecular weight excluding hydrogens is 272 g/mol. The quantitative estimate of drug-likeness (QED) is 0.759. The highest BCUT2D eigenvalue weighted by atomic mass is 16.6. The molecule has 0 atom stereocenters. The van der Waals surface area contributed by atoms with E-state index in [0.29, 0.717) is 19.6 Å². The third-order valence-electron chi connectivity index (χ3n) is 3.12. The summed E-state index contributed by atoms with van der Waals surface area (Å²) in [6.45, 7) is 10.7. The summed E-state index contributed by atoms with van der Waals surface area (Å²) in [5.74, 6) is -0.872. The van der Waals surface area contributed by atoms with Gasteiger partial charge in [-0.05, 0) is 34.6 Å². The minimum absolute atomic E-state index is 0.0110. The summed E-state index contributed by atoms with van der Waals surface area (Å²) in [4.78, 5) is 24.5. The number of hydrogen-bond donors (Lipinski definition) is 2. The Balaban J connectivity index is 2.59. The molecular formula is C15H26N2O4. The third-order valence-corrected chi connectivity index (χ3v) is 3.12. The highest BCUT2D eigenvalue weighted by Crippen LogP contribution is 2.26.